The lowest BCUT2D eigenvalue weighted by Crippen LogP contribution is -2.40. The molecule has 19 heavy (non-hydrogen) atoms. The predicted molar refractivity (Wildman–Crippen MR) is 82.1 cm³/mol. The molecule has 2 aromatic rings. The van der Waals surface area contributed by atoms with E-state index < -0.39 is 5.41 Å². The molecule has 1 aliphatic carbocycles. The van der Waals surface area contributed by atoms with Crippen molar-refractivity contribution in [1.29, 1.82) is 0 Å². The van der Waals surface area contributed by atoms with E-state index in [1.54, 1.807) is 24.3 Å². The smallest absolute Gasteiger partial charge is 0.182 e. The zero-order valence-corrected chi connectivity index (χ0v) is 12.3. The molecule has 3 heteroatoms. The Labute approximate surface area is 125 Å². The summed E-state index contributed by atoms with van der Waals surface area (Å²) in [6.07, 6.45) is 0. The molecule has 2 nitrogen and oxygen atoms in total. The van der Waals surface area contributed by atoms with E-state index in [0.717, 1.165) is 5.56 Å². The number of fused-ring (bicyclic) bond motifs is 1. The molecule has 0 aromatic heterocycles. The average molecular weight is 362 g/mol. The molecule has 0 N–H and O–H groups in total. The number of benzene rings is 2. The third kappa shape index (κ3) is 1.61. The predicted octanol–water partition coefficient (Wildman–Crippen LogP) is 3.44. The van der Waals surface area contributed by atoms with Gasteiger partial charge >= 0.3 is 0 Å². The Kier molecular flexibility index (Phi) is 3.01. The Morgan fingerprint density at radius 1 is 0.789 bits per heavy atom. The van der Waals surface area contributed by atoms with Gasteiger partial charge in [-0.05, 0) is 5.56 Å². The minimum absolute atomic E-state index is 0.0753. The first kappa shape index (κ1) is 12.5. The summed E-state index contributed by atoms with van der Waals surface area (Å²) in [7, 11) is 0. The van der Waals surface area contributed by atoms with Gasteiger partial charge in [-0.25, -0.2) is 0 Å². The number of halogens is 1. The summed E-state index contributed by atoms with van der Waals surface area (Å²) in [6.45, 7) is 0. The van der Waals surface area contributed by atoms with Crippen molar-refractivity contribution >= 4 is 34.2 Å². The minimum atomic E-state index is -1.04. The third-order valence-electron chi connectivity index (χ3n) is 3.66. The van der Waals surface area contributed by atoms with Gasteiger partial charge in [0.05, 0.1) is 0 Å². The standard InChI is InChI=1S/C16H11IO2/c17-10-16(11-6-2-1-3-7-11)14(18)12-8-4-5-9-13(12)15(16)19/h1-9H,10H2. The lowest BCUT2D eigenvalue weighted by atomic mass is 9.78. The molecule has 1 aliphatic rings. The van der Waals surface area contributed by atoms with Gasteiger partial charge < -0.3 is 0 Å². The zero-order valence-electron chi connectivity index (χ0n) is 10.1. The maximum absolute atomic E-state index is 12.7. The van der Waals surface area contributed by atoms with Crippen LogP contribution in [0.3, 0.4) is 0 Å². The Morgan fingerprint density at radius 3 is 1.74 bits per heavy atom. The van der Waals surface area contributed by atoms with Crippen molar-refractivity contribution in [1.82, 2.24) is 0 Å². The first-order valence-corrected chi connectivity index (χ1v) is 7.54. The quantitative estimate of drug-likeness (QED) is 0.466. The van der Waals surface area contributed by atoms with Crippen LogP contribution in [0.1, 0.15) is 26.3 Å². The van der Waals surface area contributed by atoms with E-state index in [-0.39, 0.29) is 11.6 Å². The van der Waals surface area contributed by atoms with Crippen molar-refractivity contribution in [2.75, 3.05) is 4.43 Å². The van der Waals surface area contributed by atoms with Gasteiger partial charge in [0.1, 0.15) is 5.41 Å². The monoisotopic (exact) mass is 362 g/mol. The maximum Gasteiger partial charge on any atom is 0.182 e. The number of hydrogen-bond donors (Lipinski definition) is 0. The van der Waals surface area contributed by atoms with Crippen molar-refractivity contribution in [3.05, 3.63) is 71.3 Å². The van der Waals surface area contributed by atoms with E-state index >= 15 is 0 Å². The van der Waals surface area contributed by atoms with Crippen LogP contribution in [0, 0.1) is 0 Å². The molecule has 0 amide bonds. The van der Waals surface area contributed by atoms with Crippen molar-refractivity contribution < 1.29 is 9.59 Å². The van der Waals surface area contributed by atoms with Gasteiger partial charge in [-0.3, -0.25) is 9.59 Å². The number of Topliss-reactive ketones (excluding diaryl/α,β-unsaturated/α-hetero) is 2. The maximum atomic E-state index is 12.7. The molecule has 94 valence electrons. The highest BCUT2D eigenvalue weighted by Gasteiger charge is 2.53. The molecule has 0 spiro atoms. The molecule has 0 unspecified atom stereocenters. The van der Waals surface area contributed by atoms with Gasteiger partial charge in [-0.15, -0.1) is 0 Å². The normalized spacial score (nSPS) is 16.5. The van der Waals surface area contributed by atoms with Crippen LogP contribution in [0.25, 0.3) is 0 Å². The summed E-state index contributed by atoms with van der Waals surface area (Å²) < 4.78 is 0.459. The van der Waals surface area contributed by atoms with E-state index in [4.69, 9.17) is 0 Å². The van der Waals surface area contributed by atoms with Crippen LogP contribution in [0.5, 0.6) is 0 Å². The highest BCUT2D eigenvalue weighted by atomic mass is 127. The molecule has 3 rings (SSSR count). The Morgan fingerprint density at radius 2 is 1.26 bits per heavy atom. The number of carbonyl (C=O) groups is 2. The van der Waals surface area contributed by atoms with Crippen LogP contribution in [0.15, 0.2) is 54.6 Å². The molecule has 0 radical (unpaired) electrons. The molecule has 0 bridgehead atoms. The third-order valence-corrected chi connectivity index (χ3v) is 4.80. The molecule has 0 atom stereocenters. The van der Waals surface area contributed by atoms with E-state index in [2.05, 4.69) is 22.6 Å². The fourth-order valence-electron chi connectivity index (χ4n) is 2.63. The van der Waals surface area contributed by atoms with Gasteiger partial charge in [-0.1, -0.05) is 77.2 Å². The van der Waals surface area contributed by atoms with Crippen LogP contribution in [-0.2, 0) is 5.41 Å². The Hall–Kier alpha value is -1.49. The summed E-state index contributed by atoms with van der Waals surface area (Å²) in [4.78, 5) is 25.5. The number of rotatable bonds is 2. The Bertz CT molecular complexity index is 626. The highest BCUT2D eigenvalue weighted by molar-refractivity contribution is 14.1. The molecule has 2 aromatic carbocycles. The van der Waals surface area contributed by atoms with Crippen molar-refractivity contribution in [3.63, 3.8) is 0 Å². The summed E-state index contributed by atoms with van der Waals surface area (Å²) >= 11 is 2.13. The van der Waals surface area contributed by atoms with Crippen molar-refractivity contribution in [3.8, 4) is 0 Å². The van der Waals surface area contributed by atoms with E-state index in [0.29, 0.717) is 15.6 Å². The second-order valence-corrected chi connectivity index (χ2v) is 5.37. The molecular formula is C16H11IO2. The van der Waals surface area contributed by atoms with Gasteiger partial charge in [0.2, 0.25) is 0 Å². The zero-order chi connectivity index (χ0) is 13.5. The second kappa shape index (κ2) is 4.56. The van der Waals surface area contributed by atoms with E-state index in [9.17, 15) is 9.59 Å². The summed E-state index contributed by atoms with van der Waals surface area (Å²) in [5.74, 6) is -0.151. The summed E-state index contributed by atoms with van der Waals surface area (Å²) in [6, 6.07) is 16.4. The highest BCUT2D eigenvalue weighted by Crippen LogP contribution is 2.40. The van der Waals surface area contributed by atoms with Crippen molar-refractivity contribution in [2.45, 2.75) is 5.41 Å². The number of alkyl halides is 1. The molecule has 0 saturated carbocycles. The van der Waals surface area contributed by atoms with Gasteiger partial charge in [-0.2, -0.15) is 0 Å². The number of carbonyl (C=O) groups excluding carboxylic acids is 2. The first-order valence-electron chi connectivity index (χ1n) is 6.02. The van der Waals surface area contributed by atoms with Crippen LogP contribution in [-0.4, -0.2) is 16.0 Å². The SMILES string of the molecule is O=C1c2ccccc2C(=O)C1(CI)c1ccccc1. The van der Waals surface area contributed by atoms with Crippen LogP contribution in [0.2, 0.25) is 0 Å². The average Bonchev–Trinajstić information content (AvgIpc) is 2.70. The lowest BCUT2D eigenvalue weighted by molar-refractivity contribution is 0.0817. The first-order chi connectivity index (χ1) is 9.21. The van der Waals surface area contributed by atoms with Gasteiger partial charge in [0.25, 0.3) is 0 Å². The van der Waals surface area contributed by atoms with Crippen LogP contribution < -0.4 is 0 Å². The van der Waals surface area contributed by atoms with Crippen LogP contribution in [0.4, 0.5) is 0 Å². The van der Waals surface area contributed by atoms with Crippen molar-refractivity contribution in [2.24, 2.45) is 0 Å². The largest absolute Gasteiger partial charge is 0.293 e. The minimum Gasteiger partial charge on any atom is -0.293 e. The van der Waals surface area contributed by atoms with Crippen LogP contribution >= 0.6 is 22.6 Å². The van der Waals surface area contributed by atoms with E-state index in [1.165, 1.54) is 0 Å². The second-order valence-electron chi connectivity index (χ2n) is 4.61. The molecule has 0 aliphatic heterocycles. The summed E-state index contributed by atoms with van der Waals surface area (Å²) in [5, 5.41) is 0. The lowest BCUT2D eigenvalue weighted by Gasteiger charge is -2.23. The van der Waals surface area contributed by atoms with Gasteiger partial charge in [0, 0.05) is 15.6 Å². The topological polar surface area (TPSA) is 34.1 Å². The van der Waals surface area contributed by atoms with E-state index in [1.807, 2.05) is 30.3 Å². The molecule has 0 heterocycles. The number of hydrogen-bond acceptors (Lipinski definition) is 2. The molecular weight excluding hydrogens is 351 g/mol. The fourth-order valence-corrected chi connectivity index (χ4v) is 3.76. The number of ketones is 2. The molecule has 0 saturated heterocycles. The molecule has 0 fully saturated rings. The Balaban J connectivity index is 2.26. The fraction of sp³-hybridized carbons (Fsp3) is 0.125. The summed E-state index contributed by atoms with van der Waals surface area (Å²) in [5.41, 5.74) is 0.850. The van der Waals surface area contributed by atoms with Gasteiger partial charge in [0.15, 0.2) is 11.6 Å².